The van der Waals surface area contributed by atoms with Gasteiger partial charge in [0.1, 0.15) is 5.78 Å². The first kappa shape index (κ1) is 63.0. The number of carbonyl (C=O) groups excluding carboxylic acids is 1. The Balaban J connectivity index is 5.47. The van der Waals surface area contributed by atoms with Gasteiger partial charge in [-0.25, -0.2) is 0 Å². The second kappa shape index (κ2) is 47.0. The molecule has 0 spiro atoms. The molecule has 2 atom stereocenters. The lowest BCUT2D eigenvalue weighted by Gasteiger charge is -2.34. The van der Waals surface area contributed by atoms with Crippen molar-refractivity contribution in [1.29, 1.82) is 0 Å². The topological polar surface area (TPSA) is 183 Å². The molecule has 0 heterocycles. The number of rotatable bonds is 54. The van der Waals surface area contributed by atoms with Gasteiger partial charge in [0, 0.05) is 67.3 Å². The summed E-state index contributed by atoms with van der Waals surface area (Å²) in [6.07, 6.45) is 5.22. The van der Waals surface area contributed by atoms with E-state index in [-0.39, 0.29) is 57.3 Å². The zero-order valence-corrected chi connectivity index (χ0v) is 41.0. The summed E-state index contributed by atoms with van der Waals surface area (Å²) in [5.41, 5.74) is 0. The predicted molar refractivity (Wildman–Crippen MR) is 238 cm³/mol. The number of methoxy groups -OCH3 is 6. The van der Waals surface area contributed by atoms with E-state index in [2.05, 4.69) is 0 Å². The molecule has 0 saturated heterocycles. The van der Waals surface area contributed by atoms with Crippen LogP contribution >= 0.6 is 0 Å². The van der Waals surface area contributed by atoms with E-state index in [1.54, 1.807) is 42.7 Å². The number of Topliss-reactive ketones (excluding diaryl/α,β-unsaturated/α-hetero) is 1. The molecule has 0 saturated carbocycles. The third kappa shape index (κ3) is 37.0. The minimum absolute atomic E-state index is 0.131. The van der Waals surface area contributed by atoms with E-state index in [1.165, 1.54) is 0 Å². The molecule has 19 nitrogen and oxygen atoms in total. The highest BCUT2D eigenvalue weighted by molar-refractivity contribution is 5.82. The molecule has 0 aromatic heterocycles. The Morgan fingerprint density at radius 2 is 0.516 bits per heavy atom. The summed E-state index contributed by atoms with van der Waals surface area (Å²) in [4.78, 5) is 13.6. The van der Waals surface area contributed by atoms with E-state index >= 15 is 0 Å². The largest absolute Gasteiger partial charge is 0.382 e. The van der Waals surface area contributed by atoms with Gasteiger partial charge in [-0.15, -0.1) is 0 Å². The first-order valence-corrected chi connectivity index (χ1v) is 23.1. The maximum Gasteiger partial charge on any atom is 0.283 e. The number of unbranched alkanes of at least 4 members (excludes halogenated alkanes) is 2. The smallest absolute Gasteiger partial charge is 0.283 e. The Kier molecular flexibility index (Phi) is 46.3. The molecule has 0 radical (unpaired) electrons. The van der Waals surface area contributed by atoms with Gasteiger partial charge in [-0.3, -0.25) is 4.79 Å². The van der Waals surface area contributed by atoms with Crippen LogP contribution in [-0.2, 0) is 90.1 Å². The van der Waals surface area contributed by atoms with E-state index in [0.717, 1.165) is 12.8 Å². The van der Waals surface area contributed by atoms with Crippen molar-refractivity contribution in [3.8, 4) is 0 Å². The van der Waals surface area contributed by atoms with E-state index in [0.29, 0.717) is 157 Å². The molecule has 0 aromatic rings. The first-order chi connectivity index (χ1) is 31.3. The Labute approximate surface area is 385 Å². The molecule has 2 unspecified atom stereocenters. The number of ketones is 1. The van der Waals surface area contributed by atoms with Crippen LogP contribution in [0.5, 0.6) is 0 Å². The lowest BCUT2D eigenvalue weighted by Crippen LogP contribution is -2.42. The first-order valence-electron chi connectivity index (χ1n) is 23.1. The summed E-state index contributed by atoms with van der Waals surface area (Å²) in [6, 6.07) is 0. The average Bonchev–Trinajstić information content (AvgIpc) is 3.30. The SMILES string of the molecule is COCCOCCOC(CCCCC(C)C(=O)C(C)CCCCC(OCCOCCOC)(OCCOCCOC)OCCOCCOC)(OCCOCCOC)OCCOCCOC. The molecular formula is C45H90O19. The van der Waals surface area contributed by atoms with Crippen molar-refractivity contribution in [2.75, 3.05) is 201 Å². The van der Waals surface area contributed by atoms with Crippen molar-refractivity contribution < 1.29 is 90.1 Å². The van der Waals surface area contributed by atoms with Crippen LogP contribution in [0.3, 0.4) is 0 Å². The van der Waals surface area contributed by atoms with Crippen LogP contribution in [0, 0.1) is 11.8 Å². The van der Waals surface area contributed by atoms with E-state index in [4.69, 9.17) is 85.3 Å². The van der Waals surface area contributed by atoms with Crippen molar-refractivity contribution in [3.05, 3.63) is 0 Å². The third-order valence-electron chi connectivity index (χ3n) is 9.60. The Morgan fingerprint density at radius 1 is 0.312 bits per heavy atom. The molecule has 0 N–H and O–H groups in total. The van der Waals surface area contributed by atoms with Crippen LogP contribution in [0.4, 0.5) is 0 Å². The van der Waals surface area contributed by atoms with Gasteiger partial charge in [-0.2, -0.15) is 0 Å². The summed E-state index contributed by atoms with van der Waals surface area (Å²) in [5.74, 6) is -2.73. The Morgan fingerprint density at radius 3 is 0.719 bits per heavy atom. The van der Waals surface area contributed by atoms with Crippen molar-refractivity contribution in [1.82, 2.24) is 0 Å². The molecule has 0 aliphatic heterocycles. The van der Waals surface area contributed by atoms with Crippen molar-refractivity contribution in [3.63, 3.8) is 0 Å². The third-order valence-corrected chi connectivity index (χ3v) is 9.60. The molecule has 384 valence electrons. The maximum absolute atomic E-state index is 13.6. The molecular weight excluding hydrogens is 844 g/mol. The number of ether oxygens (including phenoxy) is 18. The van der Waals surface area contributed by atoms with Gasteiger partial charge in [-0.05, 0) is 25.7 Å². The molecule has 64 heavy (non-hydrogen) atoms. The van der Waals surface area contributed by atoms with Crippen molar-refractivity contribution >= 4 is 5.78 Å². The minimum Gasteiger partial charge on any atom is -0.382 e. The normalized spacial score (nSPS) is 13.2. The number of hydrogen-bond donors (Lipinski definition) is 0. The van der Waals surface area contributed by atoms with Crippen LogP contribution in [0.1, 0.15) is 65.2 Å². The highest BCUT2D eigenvalue weighted by Gasteiger charge is 2.35. The van der Waals surface area contributed by atoms with Gasteiger partial charge < -0.3 is 85.3 Å². The van der Waals surface area contributed by atoms with E-state index < -0.39 is 11.9 Å². The van der Waals surface area contributed by atoms with Gasteiger partial charge >= 0.3 is 0 Å². The fourth-order valence-corrected chi connectivity index (χ4v) is 6.04. The number of carbonyl (C=O) groups is 1. The molecule has 0 aromatic carbocycles. The van der Waals surface area contributed by atoms with Crippen LogP contribution in [0.15, 0.2) is 0 Å². The van der Waals surface area contributed by atoms with Crippen LogP contribution in [0.25, 0.3) is 0 Å². The summed E-state index contributed by atoms with van der Waals surface area (Å²) in [5, 5.41) is 0. The molecule has 0 aliphatic carbocycles. The quantitative estimate of drug-likeness (QED) is 0.0620. The van der Waals surface area contributed by atoms with Gasteiger partial charge in [0.2, 0.25) is 0 Å². The van der Waals surface area contributed by atoms with Crippen LogP contribution in [-0.4, -0.2) is 219 Å². The minimum atomic E-state index is -1.35. The Bertz CT molecular complexity index is 814. The lowest BCUT2D eigenvalue weighted by molar-refractivity contribution is -0.388. The highest BCUT2D eigenvalue weighted by Crippen LogP contribution is 2.28. The van der Waals surface area contributed by atoms with Gasteiger partial charge in [0.25, 0.3) is 11.9 Å². The predicted octanol–water partition coefficient (Wildman–Crippen LogP) is 4.33. The molecule has 0 aliphatic rings. The van der Waals surface area contributed by atoms with Gasteiger partial charge in [0.15, 0.2) is 0 Å². The van der Waals surface area contributed by atoms with E-state index in [9.17, 15) is 4.79 Å². The summed E-state index contributed by atoms with van der Waals surface area (Å²) < 4.78 is 102. The van der Waals surface area contributed by atoms with Crippen LogP contribution in [0.2, 0.25) is 0 Å². The van der Waals surface area contributed by atoms with Crippen molar-refractivity contribution in [2.24, 2.45) is 11.8 Å². The van der Waals surface area contributed by atoms with E-state index in [1.807, 2.05) is 13.8 Å². The van der Waals surface area contributed by atoms with Gasteiger partial charge in [0.05, 0.1) is 159 Å². The summed E-state index contributed by atoms with van der Waals surface area (Å²) >= 11 is 0. The second-order valence-electron chi connectivity index (χ2n) is 14.8. The second-order valence-corrected chi connectivity index (χ2v) is 14.8. The van der Waals surface area contributed by atoms with Crippen LogP contribution < -0.4 is 0 Å². The molecule has 0 bridgehead atoms. The zero-order chi connectivity index (χ0) is 47.1. The average molecular weight is 935 g/mol. The van der Waals surface area contributed by atoms with Crippen molar-refractivity contribution in [2.45, 2.75) is 77.2 Å². The fraction of sp³-hybridized carbons (Fsp3) is 0.978. The molecule has 0 rings (SSSR count). The summed E-state index contributed by atoms with van der Waals surface area (Å²) in [7, 11) is 9.75. The molecule has 0 fully saturated rings. The standard InChI is InChI=1S/C45H90O19/c1-41(13-9-11-15-44(59-35-29-53-23-17-47-3,60-36-30-54-24-18-48-4)61-37-31-55-25-19-49-5)43(46)42(2)14-10-12-16-45(62-38-32-56-26-20-50-6,63-39-33-57-27-21-51-7)64-40-34-58-28-22-52-8/h41-42H,9-40H2,1-8H3. The molecule has 19 heteroatoms. The maximum atomic E-state index is 13.6. The zero-order valence-electron chi connectivity index (χ0n) is 41.0. The Hall–Kier alpha value is -1.05. The highest BCUT2D eigenvalue weighted by atomic mass is 16.9. The lowest BCUT2D eigenvalue weighted by atomic mass is 9.88. The molecule has 0 amide bonds. The number of hydrogen-bond acceptors (Lipinski definition) is 19. The summed E-state index contributed by atoms with van der Waals surface area (Å²) in [6.45, 7) is 13.0. The monoisotopic (exact) mass is 935 g/mol. The van der Waals surface area contributed by atoms with Gasteiger partial charge in [-0.1, -0.05) is 26.7 Å². The fourth-order valence-electron chi connectivity index (χ4n) is 6.04.